The van der Waals surface area contributed by atoms with Crippen molar-refractivity contribution in [3.05, 3.63) is 64.4 Å². The first-order chi connectivity index (χ1) is 10.8. The maximum Gasteiger partial charge on any atom is 0.275 e. The molecule has 0 aliphatic carbocycles. The van der Waals surface area contributed by atoms with Crippen LogP contribution in [0.5, 0.6) is 5.75 Å². The van der Waals surface area contributed by atoms with E-state index in [-0.39, 0.29) is 5.91 Å². The standard InChI is InChI=1S/C17H14N2O2S/c1-21-16-9-14-5-3-2-4-13(14)8-15(16)17(20)19-18-10-12-6-7-22-11-12/h2-11H,1H3,(H,19,20)/b18-10-. The normalized spacial score (nSPS) is 11.0. The molecule has 110 valence electrons. The number of ether oxygens (including phenoxy) is 1. The fourth-order valence-corrected chi connectivity index (χ4v) is 2.75. The molecule has 1 aromatic heterocycles. The summed E-state index contributed by atoms with van der Waals surface area (Å²) < 4.78 is 5.32. The summed E-state index contributed by atoms with van der Waals surface area (Å²) in [5.74, 6) is 0.232. The Morgan fingerprint density at radius 3 is 2.68 bits per heavy atom. The Morgan fingerprint density at radius 1 is 1.23 bits per heavy atom. The van der Waals surface area contributed by atoms with Gasteiger partial charge in [-0.1, -0.05) is 24.3 Å². The highest BCUT2D eigenvalue weighted by atomic mass is 32.1. The van der Waals surface area contributed by atoms with Gasteiger partial charge in [-0.2, -0.15) is 16.4 Å². The number of thiophene rings is 1. The number of benzene rings is 2. The monoisotopic (exact) mass is 310 g/mol. The molecule has 0 saturated heterocycles. The molecule has 0 spiro atoms. The molecule has 0 aliphatic rings. The molecule has 0 fully saturated rings. The quantitative estimate of drug-likeness (QED) is 0.590. The minimum Gasteiger partial charge on any atom is -0.496 e. The van der Waals surface area contributed by atoms with E-state index in [1.807, 2.05) is 53.2 Å². The van der Waals surface area contributed by atoms with E-state index in [4.69, 9.17) is 4.74 Å². The van der Waals surface area contributed by atoms with Gasteiger partial charge in [0, 0.05) is 5.56 Å². The smallest absolute Gasteiger partial charge is 0.275 e. The summed E-state index contributed by atoms with van der Waals surface area (Å²) in [6.45, 7) is 0. The second-order valence-corrected chi connectivity index (χ2v) is 5.44. The van der Waals surface area contributed by atoms with Crippen LogP contribution in [0.3, 0.4) is 0 Å². The van der Waals surface area contributed by atoms with Gasteiger partial charge in [0.05, 0.1) is 18.9 Å². The Morgan fingerprint density at radius 2 is 2.00 bits per heavy atom. The van der Waals surface area contributed by atoms with E-state index in [0.29, 0.717) is 11.3 Å². The SMILES string of the molecule is COc1cc2ccccc2cc1C(=O)N/N=C\c1ccsc1. The first-order valence-electron chi connectivity index (χ1n) is 6.70. The number of amides is 1. The number of carbonyl (C=O) groups excluding carboxylic acids is 1. The van der Waals surface area contributed by atoms with Crippen LogP contribution in [0.4, 0.5) is 0 Å². The van der Waals surface area contributed by atoms with Crippen LogP contribution >= 0.6 is 11.3 Å². The Hall–Kier alpha value is -2.66. The van der Waals surface area contributed by atoms with Crippen molar-refractivity contribution in [2.75, 3.05) is 7.11 Å². The van der Waals surface area contributed by atoms with Crippen molar-refractivity contribution >= 4 is 34.2 Å². The van der Waals surface area contributed by atoms with Crippen LogP contribution in [0.15, 0.2) is 58.3 Å². The average Bonchev–Trinajstić information content (AvgIpc) is 3.06. The number of nitrogens with zero attached hydrogens (tertiary/aromatic N) is 1. The number of nitrogens with one attached hydrogen (secondary N) is 1. The lowest BCUT2D eigenvalue weighted by atomic mass is 10.1. The molecule has 22 heavy (non-hydrogen) atoms. The molecule has 0 atom stereocenters. The second-order valence-electron chi connectivity index (χ2n) is 4.66. The highest BCUT2D eigenvalue weighted by Crippen LogP contribution is 2.25. The van der Waals surface area contributed by atoms with Gasteiger partial charge in [0.15, 0.2) is 0 Å². The van der Waals surface area contributed by atoms with E-state index >= 15 is 0 Å². The lowest BCUT2D eigenvalue weighted by Crippen LogP contribution is -2.18. The molecular formula is C17H14N2O2S. The lowest BCUT2D eigenvalue weighted by molar-refractivity contribution is 0.0952. The van der Waals surface area contributed by atoms with Crippen LogP contribution in [0.25, 0.3) is 10.8 Å². The van der Waals surface area contributed by atoms with Crippen molar-refractivity contribution in [1.29, 1.82) is 0 Å². The fourth-order valence-electron chi connectivity index (χ4n) is 2.14. The van der Waals surface area contributed by atoms with Crippen LogP contribution in [0, 0.1) is 0 Å². The van der Waals surface area contributed by atoms with Crippen molar-refractivity contribution in [2.45, 2.75) is 0 Å². The first kappa shape index (κ1) is 14.3. The molecule has 0 aliphatic heterocycles. The van der Waals surface area contributed by atoms with Gasteiger partial charge < -0.3 is 4.74 Å². The van der Waals surface area contributed by atoms with Gasteiger partial charge in [0.2, 0.25) is 0 Å². The van der Waals surface area contributed by atoms with Gasteiger partial charge in [-0.05, 0) is 39.7 Å². The van der Waals surface area contributed by atoms with E-state index in [1.54, 1.807) is 24.7 Å². The Labute approximate surface area is 132 Å². The first-order valence-corrected chi connectivity index (χ1v) is 7.64. The highest BCUT2D eigenvalue weighted by Gasteiger charge is 2.12. The minimum atomic E-state index is -0.297. The van der Waals surface area contributed by atoms with Crippen molar-refractivity contribution in [2.24, 2.45) is 5.10 Å². The summed E-state index contributed by atoms with van der Waals surface area (Å²) in [6.07, 6.45) is 1.61. The molecule has 3 rings (SSSR count). The molecule has 3 aromatic rings. The molecule has 1 heterocycles. The summed E-state index contributed by atoms with van der Waals surface area (Å²) in [4.78, 5) is 12.3. The topological polar surface area (TPSA) is 50.7 Å². The number of carbonyl (C=O) groups is 1. The Kier molecular flexibility index (Phi) is 4.16. The Balaban J connectivity index is 1.86. The molecule has 5 heteroatoms. The third-order valence-corrected chi connectivity index (χ3v) is 3.94. The van der Waals surface area contributed by atoms with Gasteiger partial charge in [-0.15, -0.1) is 0 Å². The third-order valence-electron chi connectivity index (χ3n) is 3.24. The number of fused-ring (bicyclic) bond motifs is 1. The molecule has 1 amide bonds. The summed E-state index contributed by atoms with van der Waals surface area (Å²) >= 11 is 1.58. The number of hydrazone groups is 1. The number of hydrogen-bond donors (Lipinski definition) is 1. The van der Waals surface area contributed by atoms with E-state index in [2.05, 4.69) is 10.5 Å². The summed E-state index contributed by atoms with van der Waals surface area (Å²) in [7, 11) is 1.55. The van der Waals surface area contributed by atoms with Crippen molar-refractivity contribution in [3.8, 4) is 5.75 Å². The summed E-state index contributed by atoms with van der Waals surface area (Å²) in [5, 5.41) is 9.88. The van der Waals surface area contributed by atoms with E-state index < -0.39 is 0 Å². The van der Waals surface area contributed by atoms with Gasteiger partial charge in [0.25, 0.3) is 5.91 Å². The van der Waals surface area contributed by atoms with Crippen LogP contribution in [0.2, 0.25) is 0 Å². The second kappa shape index (κ2) is 6.41. The Bertz CT molecular complexity index is 826. The van der Waals surface area contributed by atoms with Crippen molar-refractivity contribution < 1.29 is 9.53 Å². The molecular weight excluding hydrogens is 296 g/mol. The maximum atomic E-state index is 12.3. The molecule has 0 unspecified atom stereocenters. The minimum absolute atomic E-state index is 0.297. The zero-order valence-corrected chi connectivity index (χ0v) is 12.8. The van der Waals surface area contributed by atoms with E-state index in [9.17, 15) is 4.79 Å². The zero-order valence-electron chi connectivity index (χ0n) is 11.9. The molecule has 0 bridgehead atoms. The van der Waals surface area contributed by atoms with E-state index in [1.165, 1.54) is 0 Å². The molecule has 1 N–H and O–H groups in total. The number of hydrogen-bond acceptors (Lipinski definition) is 4. The van der Waals surface area contributed by atoms with Crippen molar-refractivity contribution in [3.63, 3.8) is 0 Å². The lowest BCUT2D eigenvalue weighted by Gasteiger charge is -2.09. The third kappa shape index (κ3) is 2.99. The fraction of sp³-hybridized carbons (Fsp3) is 0.0588. The summed E-state index contributed by atoms with van der Waals surface area (Å²) in [5.41, 5.74) is 3.95. The van der Waals surface area contributed by atoms with Crippen LogP contribution in [-0.4, -0.2) is 19.2 Å². The van der Waals surface area contributed by atoms with E-state index in [0.717, 1.165) is 16.3 Å². The molecule has 0 saturated carbocycles. The van der Waals surface area contributed by atoms with Gasteiger partial charge in [-0.25, -0.2) is 5.43 Å². The van der Waals surface area contributed by atoms with Crippen LogP contribution in [-0.2, 0) is 0 Å². The highest BCUT2D eigenvalue weighted by molar-refractivity contribution is 7.08. The number of rotatable bonds is 4. The largest absolute Gasteiger partial charge is 0.496 e. The van der Waals surface area contributed by atoms with Crippen molar-refractivity contribution in [1.82, 2.24) is 5.43 Å². The average molecular weight is 310 g/mol. The van der Waals surface area contributed by atoms with Gasteiger partial charge in [-0.3, -0.25) is 4.79 Å². The number of methoxy groups -OCH3 is 1. The van der Waals surface area contributed by atoms with Gasteiger partial charge in [0.1, 0.15) is 5.75 Å². The molecule has 0 radical (unpaired) electrons. The maximum absolute atomic E-state index is 12.3. The van der Waals surface area contributed by atoms with Crippen LogP contribution < -0.4 is 10.2 Å². The van der Waals surface area contributed by atoms with Crippen LogP contribution in [0.1, 0.15) is 15.9 Å². The zero-order chi connectivity index (χ0) is 15.4. The predicted molar refractivity (Wildman–Crippen MR) is 89.9 cm³/mol. The molecule has 4 nitrogen and oxygen atoms in total. The molecule has 2 aromatic carbocycles. The summed E-state index contributed by atoms with van der Waals surface area (Å²) in [6, 6.07) is 13.4. The predicted octanol–water partition coefficient (Wildman–Crippen LogP) is 3.67. The van der Waals surface area contributed by atoms with Gasteiger partial charge >= 0.3 is 0 Å².